The first kappa shape index (κ1) is 18.0. The number of ether oxygens (including phenoxy) is 1. The van der Waals surface area contributed by atoms with Crippen molar-refractivity contribution in [2.24, 2.45) is 0 Å². The van der Waals surface area contributed by atoms with Crippen LogP contribution < -0.4 is 4.74 Å². The van der Waals surface area contributed by atoms with Gasteiger partial charge in [-0.05, 0) is 11.6 Å². The number of nitrogens with zero attached hydrogens (tertiary/aromatic N) is 3. The minimum atomic E-state index is -0.623. The third-order valence-corrected chi connectivity index (χ3v) is 5.01. The molecule has 0 saturated carbocycles. The Hall–Kier alpha value is -3.39. The van der Waals surface area contributed by atoms with Gasteiger partial charge in [0.1, 0.15) is 0 Å². The molecule has 4 rings (SSSR count). The Bertz CT molecular complexity index is 1020. The molecular formula is C20H20N4O4. The second-order valence-corrected chi connectivity index (χ2v) is 6.78. The topological polar surface area (TPSA) is 105 Å². The highest BCUT2D eigenvalue weighted by Crippen LogP contribution is 2.41. The molecule has 2 N–H and O–H groups in total. The first-order chi connectivity index (χ1) is 13.6. The smallest absolute Gasteiger partial charge is 0.315 e. The summed E-state index contributed by atoms with van der Waals surface area (Å²) in [6.07, 6.45) is 0.826. The number of phenolic OH excluding ortho intramolecular Hbond substituents is 1. The van der Waals surface area contributed by atoms with Crippen molar-refractivity contribution in [2.75, 3.05) is 13.7 Å². The van der Waals surface area contributed by atoms with Crippen molar-refractivity contribution in [3.63, 3.8) is 0 Å². The first-order valence-corrected chi connectivity index (χ1v) is 8.95. The van der Waals surface area contributed by atoms with Crippen LogP contribution in [0.1, 0.15) is 16.8 Å². The van der Waals surface area contributed by atoms with E-state index >= 15 is 0 Å². The Morgan fingerprint density at radius 3 is 2.82 bits per heavy atom. The molecule has 8 heteroatoms. The zero-order valence-corrected chi connectivity index (χ0v) is 15.4. The number of phenols is 1. The van der Waals surface area contributed by atoms with Crippen LogP contribution in [0.2, 0.25) is 0 Å². The molecule has 0 aliphatic carbocycles. The molecule has 0 fully saturated rings. The molecule has 0 bridgehead atoms. The fourth-order valence-electron chi connectivity index (χ4n) is 3.59. The van der Waals surface area contributed by atoms with E-state index in [0.29, 0.717) is 17.8 Å². The standard InChI is InChI=1S/C20H20N4O4/c1-28-18-10-14(9-17(20(18)25)24(26)27)19-15-12-23(8-7-16(15)21-22-19)11-13-5-3-2-4-6-13/h2-6,9-10,25H,7-8,11-12H2,1H3,(H,21,22). The van der Waals surface area contributed by atoms with E-state index in [-0.39, 0.29) is 5.75 Å². The fraction of sp³-hybridized carbons (Fsp3) is 0.250. The molecule has 1 aliphatic rings. The maximum atomic E-state index is 11.3. The highest BCUT2D eigenvalue weighted by atomic mass is 16.6. The van der Waals surface area contributed by atoms with Gasteiger partial charge < -0.3 is 9.84 Å². The number of fused-ring (bicyclic) bond motifs is 1. The van der Waals surface area contributed by atoms with E-state index in [2.05, 4.69) is 27.2 Å². The number of nitro groups is 1. The summed E-state index contributed by atoms with van der Waals surface area (Å²) in [5.74, 6) is -0.427. The van der Waals surface area contributed by atoms with Crippen LogP contribution in [0.15, 0.2) is 42.5 Å². The molecule has 0 saturated heterocycles. The van der Waals surface area contributed by atoms with E-state index < -0.39 is 16.4 Å². The van der Waals surface area contributed by atoms with Gasteiger partial charge in [0, 0.05) is 48.9 Å². The van der Waals surface area contributed by atoms with Crippen LogP contribution in [0.4, 0.5) is 5.69 Å². The predicted octanol–water partition coefficient (Wildman–Crippen LogP) is 3.26. The maximum absolute atomic E-state index is 11.3. The summed E-state index contributed by atoms with van der Waals surface area (Å²) in [5.41, 5.74) is 4.08. The fourth-order valence-corrected chi connectivity index (χ4v) is 3.59. The highest BCUT2D eigenvalue weighted by Gasteiger charge is 2.26. The summed E-state index contributed by atoms with van der Waals surface area (Å²) in [6.45, 7) is 2.42. The van der Waals surface area contributed by atoms with E-state index in [4.69, 9.17) is 4.74 Å². The van der Waals surface area contributed by atoms with Crippen molar-refractivity contribution in [3.05, 3.63) is 69.4 Å². The number of hydrogen-bond donors (Lipinski definition) is 2. The van der Waals surface area contributed by atoms with Gasteiger partial charge in [-0.2, -0.15) is 5.10 Å². The molecule has 1 aliphatic heterocycles. The Morgan fingerprint density at radius 2 is 2.11 bits per heavy atom. The Morgan fingerprint density at radius 1 is 1.32 bits per heavy atom. The number of benzene rings is 2. The highest BCUT2D eigenvalue weighted by molar-refractivity contribution is 5.73. The summed E-state index contributed by atoms with van der Waals surface area (Å²) in [6, 6.07) is 13.2. The van der Waals surface area contributed by atoms with Crippen LogP contribution in [0, 0.1) is 10.1 Å². The molecule has 0 unspecified atom stereocenters. The van der Waals surface area contributed by atoms with Crippen LogP contribution in [0.3, 0.4) is 0 Å². The van der Waals surface area contributed by atoms with Crippen molar-refractivity contribution in [1.29, 1.82) is 0 Å². The normalized spacial score (nSPS) is 13.9. The minimum absolute atomic E-state index is 0.0536. The minimum Gasteiger partial charge on any atom is -0.500 e. The average molecular weight is 380 g/mol. The van der Waals surface area contributed by atoms with Gasteiger partial charge >= 0.3 is 5.69 Å². The SMILES string of the molecule is COc1cc(-c2n[nH]c3c2CN(Cc2ccccc2)CC3)cc([N+](=O)[O-])c1O. The summed E-state index contributed by atoms with van der Waals surface area (Å²) >= 11 is 0. The zero-order chi connectivity index (χ0) is 19.7. The van der Waals surface area contributed by atoms with Crippen molar-refractivity contribution >= 4 is 5.69 Å². The van der Waals surface area contributed by atoms with Crippen molar-refractivity contribution in [1.82, 2.24) is 15.1 Å². The lowest BCUT2D eigenvalue weighted by Crippen LogP contribution is -2.29. The second kappa shape index (κ2) is 7.32. The van der Waals surface area contributed by atoms with Gasteiger partial charge in [0.05, 0.1) is 17.7 Å². The van der Waals surface area contributed by atoms with E-state index in [1.54, 1.807) is 6.07 Å². The number of nitrogens with one attached hydrogen (secondary N) is 1. The first-order valence-electron chi connectivity index (χ1n) is 8.95. The molecule has 0 spiro atoms. The molecule has 1 aromatic heterocycles. The quantitative estimate of drug-likeness (QED) is 0.520. The van der Waals surface area contributed by atoms with Crippen LogP contribution >= 0.6 is 0 Å². The van der Waals surface area contributed by atoms with Crippen molar-refractivity contribution < 1.29 is 14.8 Å². The van der Waals surface area contributed by atoms with Gasteiger partial charge in [-0.1, -0.05) is 30.3 Å². The summed E-state index contributed by atoms with van der Waals surface area (Å²) < 4.78 is 5.12. The van der Waals surface area contributed by atoms with E-state index in [1.807, 2.05) is 18.2 Å². The van der Waals surface area contributed by atoms with Gasteiger partial charge in [-0.15, -0.1) is 0 Å². The number of rotatable bonds is 5. The number of H-pyrrole nitrogens is 1. The zero-order valence-electron chi connectivity index (χ0n) is 15.4. The lowest BCUT2D eigenvalue weighted by molar-refractivity contribution is -0.385. The van der Waals surface area contributed by atoms with E-state index in [9.17, 15) is 15.2 Å². The number of aromatic nitrogens is 2. The van der Waals surface area contributed by atoms with Gasteiger partial charge in [-0.25, -0.2) is 0 Å². The van der Waals surface area contributed by atoms with Crippen molar-refractivity contribution in [3.8, 4) is 22.8 Å². The lowest BCUT2D eigenvalue weighted by atomic mass is 9.99. The molecule has 2 aromatic carbocycles. The third-order valence-electron chi connectivity index (χ3n) is 5.01. The predicted molar refractivity (Wildman–Crippen MR) is 103 cm³/mol. The number of nitro benzene ring substituents is 1. The Balaban J connectivity index is 1.68. The summed E-state index contributed by atoms with van der Waals surface area (Å²) in [5, 5.41) is 28.8. The lowest BCUT2D eigenvalue weighted by Gasteiger charge is -2.27. The summed E-state index contributed by atoms with van der Waals surface area (Å²) in [4.78, 5) is 13.0. The number of aromatic hydroxyl groups is 1. The van der Waals surface area contributed by atoms with Gasteiger partial charge in [-0.3, -0.25) is 20.1 Å². The van der Waals surface area contributed by atoms with Gasteiger partial charge in [0.15, 0.2) is 5.75 Å². The monoisotopic (exact) mass is 380 g/mol. The molecule has 28 heavy (non-hydrogen) atoms. The molecule has 144 valence electrons. The second-order valence-electron chi connectivity index (χ2n) is 6.78. The number of methoxy groups -OCH3 is 1. The Kier molecular flexibility index (Phi) is 4.70. The maximum Gasteiger partial charge on any atom is 0.315 e. The third kappa shape index (κ3) is 3.29. The Labute approximate surface area is 161 Å². The number of aromatic amines is 1. The van der Waals surface area contributed by atoms with Gasteiger partial charge in [0.2, 0.25) is 5.75 Å². The van der Waals surface area contributed by atoms with E-state index in [0.717, 1.165) is 30.8 Å². The molecule has 2 heterocycles. The molecule has 0 amide bonds. The molecule has 0 atom stereocenters. The molecule has 3 aromatic rings. The van der Waals surface area contributed by atoms with Crippen LogP contribution in [0.25, 0.3) is 11.3 Å². The van der Waals surface area contributed by atoms with Gasteiger partial charge in [0.25, 0.3) is 0 Å². The molecule has 0 radical (unpaired) electrons. The average Bonchev–Trinajstić information content (AvgIpc) is 3.12. The van der Waals surface area contributed by atoms with Crippen LogP contribution in [-0.4, -0.2) is 38.8 Å². The molecular weight excluding hydrogens is 360 g/mol. The number of hydrogen-bond acceptors (Lipinski definition) is 6. The van der Waals surface area contributed by atoms with Crippen LogP contribution in [0.5, 0.6) is 11.5 Å². The van der Waals surface area contributed by atoms with E-state index in [1.165, 1.54) is 18.7 Å². The van der Waals surface area contributed by atoms with Crippen molar-refractivity contribution in [2.45, 2.75) is 19.5 Å². The summed E-state index contributed by atoms with van der Waals surface area (Å²) in [7, 11) is 1.37. The van der Waals surface area contributed by atoms with Crippen LogP contribution in [-0.2, 0) is 19.5 Å². The largest absolute Gasteiger partial charge is 0.500 e. The molecule has 8 nitrogen and oxygen atoms in total.